The highest BCUT2D eigenvalue weighted by Crippen LogP contribution is 2.33. The summed E-state index contributed by atoms with van der Waals surface area (Å²) in [5.74, 6) is -0.581. The number of amides is 1. The summed E-state index contributed by atoms with van der Waals surface area (Å²) in [5, 5.41) is 12.6. The highest BCUT2D eigenvalue weighted by atomic mass is 35.5. The fourth-order valence-corrected chi connectivity index (χ4v) is 3.41. The van der Waals surface area contributed by atoms with Gasteiger partial charge in [-0.1, -0.05) is 29.3 Å². The number of nitrogens with one attached hydrogen (secondary N) is 1. The fourth-order valence-electron chi connectivity index (χ4n) is 2.15. The zero-order valence-electron chi connectivity index (χ0n) is 14.3. The summed E-state index contributed by atoms with van der Waals surface area (Å²) in [7, 11) is 0. The van der Waals surface area contributed by atoms with Gasteiger partial charge in [0.25, 0.3) is 5.91 Å². The summed E-state index contributed by atoms with van der Waals surface area (Å²) >= 11 is 13.3. The number of hydrogen-bond donors (Lipinski definition) is 1. The first kappa shape index (κ1) is 20.3. The zero-order chi connectivity index (χ0) is 19.9. The summed E-state index contributed by atoms with van der Waals surface area (Å²) < 4.78 is 23.8. The largest absolute Gasteiger partial charge is 0.481 e. The number of halogens is 3. The van der Waals surface area contributed by atoms with Crippen molar-refractivity contribution in [3.05, 3.63) is 57.6 Å². The Bertz CT molecular complexity index is 917. The number of rotatable bonds is 8. The quantitative estimate of drug-likeness (QED) is 0.529. The van der Waals surface area contributed by atoms with Crippen molar-refractivity contribution in [2.75, 3.05) is 19.8 Å². The first-order valence-corrected chi connectivity index (χ1v) is 9.71. The minimum Gasteiger partial charge on any atom is -0.481 e. The first-order chi connectivity index (χ1) is 13.5. The second kappa shape index (κ2) is 9.68. The Morgan fingerprint density at radius 3 is 2.57 bits per heavy atom. The van der Waals surface area contributed by atoms with Gasteiger partial charge in [-0.25, -0.2) is 4.39 Å². The van der Waals surface area contributed by atoms with Crippen LogP contribution >= 0.6 is 34.5 Å². The van der Waals surface area contributed by atoms with Crippen molar-refractivity contribution in [2.45, 2.75) is 0 Å². The molecular formula is C18H14Cl2FN3O3S. The lowest BCUT2D eigenvalue weighted by atomic mass is 10.3. The first-order valence-electron chi connectivity index (χ1n) is 8.07. The van der Waals surface area contributed by atoms with Gasteiger partial charge in [0.2, 0.25) is 5.88 Å². The Labute approximate surface area is 174 Å². The molecule has 0 aliphatic heterocycles. The van der Waals surface area contributed by atoms with E-state index in [1.807, 2.05) is 23.6 Å². The van der Waals surface area contributed by atoms with Gasteiger partial charge < -0.3 is 14.8 Å². The van der Waals surface area contributed by atoms with Gasteiger partial charge in [-0.05, 0) is 29.6 Å². The minimum absolute atomic E-state index is 0.00861. The molecule has 0 radical (unpaired) electrons. The molecule has 0 fully saturated rings. The SMILES string of the molecule is O=C(COc1c(Cl)cc(F)cc1Cl)NCCOc1ccc(-c2cccs2)nn1. The number of benzene rings is 1. The van der Waals surface area contributed by atoms with Crippen molar-refractivity contribution < 1.29 is 18.7 Å². The molecule has 0 aliphatic carbocycles. The molecule has 1 amide bonds. The maximum absolute atomic E-state index is 13.1. The monoisotopic (exact) mass is 441 g/mol. The van der Waals surface area contributed by atoms with E-state index in [2.05, 4.69) is 15.5 Å². The van der Waals surface area contributed by atoms with E-state index in [0.717, 1.165) is 22.7 Å². The molecule has 3 aromatic rings. The predicted molar refractivity (Wildman–Crippen MR) is 106 cm³/mol. The van der Waals surface area contributed by atoms with E-state index in [-0.39, 0.29) is 35.6 Å². The third-order valence-corrected chi connectivity index (χ3v) is 4.85. The van der Waals surface area contributed by atoms with Gasteiger partial charge in [0, 0.05) is 6.07 Å². The standard InChI is InChI=1S/C18H14Cl2FN3O3S/c19-12-8-11(21)9-13(20)18(12)27-10-16(25)22-5-6-26-17-4-3-14(23-24-17)15-2-1-7-28-15/h1-4,7-9H,5-6,10H2,(H,22,25). The lowest BCUT2D eigenvalue weighted by Gasteiger charge is -2.10. The van der Waals surface area contributed by atoms with Crippen LogP contribution in [0.4, 0.5) is 4.39 Å². The molecule has 6 nitrogen and oxygen atoms in total. The van der Waals surface area contributed by atoms with Crippen LogP contribution in [0.5, 0.6) is 11.6 Å². The topological polar surface area (TPSA) is 73.3 Å². The van der Waals surface area contributed by atoms with Crippen molar-refractivity contribution in [2.24, 2.45) is 0 Å². The molecule has 2 aromatic heterocycles. The number of carbonyl (C=O) groups is 1. The van der Waals surface area contributed by atoms with Gasteiger partial charge in [0.15, 0.2) is 12.4 Å². The second-order valence-corrected chi connectivity index (χ2v) is 7.18. The van der Waals surface area contributed by atoms with E-state index in [1.54, 1.807) is 17.4 Å². The van der Waals surface area contributed by atoms with E-state index < -0.39 is 11.7 Å². The van der Waals surface area contributed by atoms with Crippen molar-refractivity contribution in [3.63, 3.8) is 0 Å². The Balaban J connectivity index is 1.39. The third-order valence-electron chi connectivity index (χ3n) is 3.40. The van der Waals surface area contributed by atoms with Crippen molar-refractivity contribution in [1.82, 2.24) is 15.5 Å². The average Bonchev–Trinajstić information content (AvgIpc) is 3.19. The lowest BCUT2D eigenvalue weighted by molar-refractivity contribution is -0.123. The minimum atomic E-state index is -0.588. The van der Waals surface area contributed by atoms with Gasteiger partial charge in [-0.3, -0.25) is 4.79 Å². The Kier molecular flexibility index (Phi) is 7.02. The van der Waals surface area contributed by atoms with Gasteiger partial charge in [0.05, 0.1) is 21.5 Å². The van der Waals surface area contributed by atoms with E-state index in [1.165, 1.54) is 0 Å². The maximum atomic E-state index is 13.1. The van der Waals surface area contributed by atoms with E-state index in [4.69, 9.17) is 32.7 Å². The Hall–Kier alpha value is -2.42. The molecule has 0 saturated carbocycles. The highest BCUT2D eigenvalue weighted by molar-refractivity contribution is 7.13. The zero-order valence-corrected chi connectivity index (χ0v) is 16.7. The molecule has 0 unspecified atom stereocenters. The fraction of sp³-hybridized carbons (Fsp3) is 0.167. The van der Waals surface area contributed by atoms with Crippen LogP contribution in [-0.2, 0) is 4.79 Å². The normalized spacial score (nSPS) is 10.5. The second-order valence-electron chi connectivity index (χ2n) is 5.42. The van der Waals surface area contributed by atoms with E-state index in [9.17, 15) is 9.18 Å². The number of nitrogens with zero attached hydrogens (tertiary/aromatic N) is 2. The number of hydrogen-bond acceptors (Lipinski definition) is 6. The van der Waals surface area contributed by atoms with Crippen molar-refractivity contribution in [3.8, 4) is 22.2 Å². The van der Waals surface area contributed by atoms with Crippen LogP contribution in [0.3, 0.4) is 0 Å². The molecule has 10 heteroatoms. The van der Waals surface area contributed by atoms with Crippen LogP contribution in [0.2, 0.25) is 10.0 Å². The van der Waals surface area contributed by atoms with Crippen LogP contribution in [0.1, 0.15) is 0 Å². The number of carbonyl (C=O) groups excluding carboxylic acids is 1. The molecule has 1 aromatic carbocycles. The Morgan fingerprint density at radius 1 is 1.14 bits per heavy atom. The molecule has 3 rings (SSSR count). The molecule has 1 N–H and O–H groups in total. The number of aromatic nitrogens is 2. The van der Waals surface area contributed by atoms with Crippen LogP contribution in [0.25, 0.3) is 10.6 Å². The molecule has 2 heterocycles. The summed E-state index contributed by atoms with van der Waals surface area (Å²) in [5.41, 5.74) is 0.769. The summed E-state index contributed by atoms with van der Waals surface area (Å²) in [6.07, 6.45) is 0. The van der Waals surface area contributed by atoms with Gasteiger partial charge in [-0.15, -0.1) is 21.5 Å². The molecule has 0 bridgehead atoms. The molecular weight excluding hydrogens is 428 g/mol. The van der Waals surface area contributed by atoms with Crippen LogP contribution in [-0.4, -0.2) is 35.9 Å². The Morgan fingerprint density at radius 2 is 1.93 bits per heavy atom. The molecule has 0 spiro atoms. The predicted octanol–water partition coefficient (Wildman–Crippen LogP) is 4.23. The number of thiophene rings is 1. The van der Waals surface area contributed by atoms with Crippen LogP contribution < -0.4 is 14.8 Å². The van der Waals surface area contributed by atoms with Crippen molar-refractivity contribution >= 4 is 40.4 Å². The smallest absolute Gasteiger partial charge is 0.258 e. The molecule has 0 saturated heterocycles. The third kappa shape index (κ3) is 5.54. The molecule has 146 valence electrons. The van der Waals surface area contributed by atoms with Crippen molar-refractivity contribution in [1.29, 1.82) is 0 Å². The van der Waals surface area contributed by atoms with E-state index >= 15 is 0 Å². The lowest BCUT2D eigenvalue weighted by Crippen LogP contribution is -2.32. The summed E-state index contributed by atoms with van der Waals surface area (Å²) in [6.45, 7) is 0.124. The maximum Gasteiger partial charge on any atom is 0.258 e. The van der Waals surface area contributed by atoms with Gasteiger partial charge in [0.1, 0.15) is 18.1 Å². The molecule has 28 heavy (non-hydrogen) atoms. The van der Waals surface area contributed by atoms with Crippen LogP contribution in [0.15, 0.2) is 41.8 Å². The summed E-state index contributed by atoms with van der Waals surface area (Å²) in [4.78, 5) is 12.8. The highest BCUT2D eigenvalue weighted by Gasteiger charge is 2.12. The van der Waals surface area contributed by atoms with E-state index in [0.29, 0.717) is 5.88 Å². The summed E-state index contributed by atoms with van der Waals surface area (Å²) in [6, 6.07) is 9.54. The van der Waals surface area contributed by atoms with Gasteiger partial charge >= 0.3 is 0 Å². The molecule has 0 atom stereocenters. The number of ether oxygens (including phenoxy) is 2. The molecule has 0 aliphatic rings. The van der Waals surface area contributed by atoms with Crippen LogP contribution in [0, 0.1) is 5.82 Å². The van der Waals surface area contributed by atoms with Gasteiger partial charge in [-0.2, -0.15) is 0 Å². The average molecular weight is 442 g/mol.